The van der Waals surface area contributed by atoms with Crippen molar-refractivity contribution in [3.63, 3.8) is 0 Å². The Hall–Kier alpha value is -3.22. The number of benzene rings is 3. The molecule has 0 saturated heterocycles. The van der Waals surface area contributed by atoms with E-state index in [1.54, 1.807) is 37.3 Å². The van der Waals surface area contributed by atoms with Crippen LogP contribution < -0.4 is 14.8 Å². The number of nitrogens with zero attached hydrogens (tertiary/aromatic N) is 1. The van der Waals surface area contributed by atoms with Gasteiger partial charge in [-0.1, -0.05) is 79.5 Å². The van der Waals surface area contributed by atoms with E-state index in [-0.39, 0.29) is 30.7 Å². The third kappa shape index (κ3) is 8.64. The lowest BCUT2D eigenvalue weighted by atomic mass is 10.0. The summed E-state index contributed by atoms with van der Waals surface area (Å²) in [5.41, 5.74) is 2.47. The molecule has 1 N–H and O–H groups in total. The van der Waals surface area contributed by atoms with Crippen molar-refractivity contribution in [2.24, 2.45) is 5.92 Å². The van der Waals surface area contributed by atoms with E-state index >= 15 is 0 Å². The molecule has 3 aromatic rings. The van der Waals surface area contributed by atoms with E-state index in [2.05, 4.69) is 5.32 Å². The van der Waals surface area contributed by atoms with Crippen LogP contribution in [0.1, 0.15) is 37.0 Å². The van der Waals surface area contributed by atoms with E-state index in [0.717, 1.165) is 11.1 Å². The van der Waals surface area contributed by atoms with Crippen molar-refractivity contribution in [3.05, 3.63) is 93.5 Å². The summed E-state index contributed by atoms with van der Waals surface area (Å²) in [7, 11) is 3.15. The highest BCUT2D eigenvalue weighted by Gasteiger charge is 2.31. The molecule has 0 spiro atoms. The fourth-order valence-electron chi connectivity index (χ4n) is 4.26. The zero-order chi connectivity index (χ0) is 28.4. The normalized spacial score (nSPS) is 11.7. The molecule has 0 aliphatic heterocycles. The van der Waals surface area contributed by atoms with Gasteiger partial charge in [0, 0.05) is 41.5 Å². The van der Waals surface area contributed by atoms with Crippen LogP contribution >= 0.6 is 23.2 Å². The van der Waals surface area contributed by atoms with Gasteiger partial charge in [0.05, 0.1) is 14.2 Å². The number of hydrogen-bond donors (Lipinski definition) is 1. The average Bonchev–Trinajstić information content (AvgIpc) is 2.93. The van der Waals surface area contributed by atoms with Gasteiger partial charge < -0.3 is 19.7 Å². The van der Waals surface area contributed by atoms with Crippen molar-refractivity contribution in [3.8, 4) is 11.5 Å². The number of ether oxygens (including phenoxy) is 2. The Kier molecular flexibility index (Phi) is 11.5. The van der Waals surface area contributed by atoms with Crippen molar-refractivity contribution in [2.75, 3.05) is 20.8 Å². The second kappa shape index (κ2) is 14.8. The van der Waals surface area contributed by atoms with Gasteiger partial charge in [-0.15, -0.1) is 0 Å². The maximum atomic E-state index is 13.9. The minimum Gasteiger partial charge on any atom is -0.493 e. The summed E-state index contributed by atoms with van der Waals surface area (Å²) >= 11 is 13.0. The molecule has 3 aromatic carbocycles. The smallest absolute Gasteiger partial charge is 0.243 e. The SMILES string of the molecule is COc1ccc(CCC(=O)N(Cc2c(Cl)cccc2Cl)[C@@H](Cc2ccccc2)C(=O)NCC(C)C)cc1OC. The van der Waals surface area contributed by atoms with Gasteiger partial charge in [-0.3, -0.25) is 9.59 Å². The monoisotopic (exact) mass is 570 g/mol. The zero-order valence-electron chi connectivity index (χ0n) is 22.9. The Morgan fingerprint density at radius 2 is 1.54 bits per heavy atom. The molecule has 0 aliphatic carbocycles. The number of nitrogens with one attached hydrogen (secondary N) is 1. The first kappa shape index (κ1) is 30.3. The third-order valence-corrected chi connectivity index (χ3v) is 7.13. The van der Waals surface area contributed by atoms with Gasteiger partial charge in [0.25, 0.3) is 0 Å². The Balaban J connectivity index is 1.95. The predicted molar refractivity (Wildman–Crippen MR) is 157 cm³/mol. The summed E-state index contributed by atoms with van der Waals surface area (Å²) in [6, 6.07) is 19.7. The van der Waals surface area contributed by atoms with Gasteiger partial charge in [-0.2, -0.15) is 0 Å². The molecule has 0 bridgehead atoms. The number of methoxy groups -OCH3 is 2. The van der Waals surface area contributed by atoms with E-state index in [4.69, 9.17) is 32.7 Å². The van der Waals surface area contributed by atoms with Crippen LogP contribution in [0.15, 0.2) is 66.7 Å². The maximum Gasteiger partial charge on any atom is 0.243 e. The molecule has 0 aliphatic rings. The van der Waals surface area contributed by atoms with E-state index < -0.39 is 6.04 Å². The number of carbonyl (C=O) groups is 2. The molecule has 3 rings (SSSR count). The highest BCUT2D eigenvalue weighted by molar-refractivity contribution is 6.36. The van der Waals surface area contributed by atoms with E-state index in [0.29, 0.717) is 46.5 Å². The van der Waals surface area contributed by atoms with Crippen molar-refractivity contribution < 1.29 is 19.1 Å². The number of halogens is 2. The zero-order valence-corrected chi connectivity index (χ0v) is 24.4. The predicted octanol–water partition coefficient (Wildman–Crippen LogP) is 6.36. The van der Waals surface area contributed by atoms with Crippen LogP contribution in [0.2, 0.25) is 10.0 Å². The first-order valence-electron chi connectivity index (χ1n) is 13.0. The maximum absolute atomic E-state index is 13.9. The molecule has 0 saturated carbocycles. The fraction of sp³-hybridized carbons (Fsp3) is 0.355. The first-order chi connectivity index (χ1) is 18.7. The molecule has 208 valence electrons. The molecule has 8 heteroatoms. The average molecular weight is 572 g/mol. The van der Waals surface area contributed by atoms with E-state index in [9.17, 15) is 9.59 Å². The lowest BCUT2D eigenvalue weighted by Crippen LogP contribution is -2.51. The largest absolute Gasteiger partial charge is 0.493 e. The molecule has 2 amide bonds. The third-order valence-electron chi connectivity index (χ3n) is 6.42. The summed E-state index contributed by atoms with van der Waals surface area (Å²) in [5, 5.41) is 3.92. The minimum atomic E-state index is -0.753. The Morgan fingerprint density at radius 1 is 0.872 bits per heavy atom. The molecule has 0 unspecified atom stereocenters. The lowest BCUT2D eigenvalue weighted by molar-refractivity contribution is -0.141. The topological polar surface area (TPSA) is 67.9 Å². The summed E-state index contributed by atoms with van der Waals surface area (Å²) in [4.78, 5) is 29.1. The summed E-state index contributed by atoms with van der Waals surface area (Å²) < 4.78 is 10.7. The molecule has 0 fully saturated rings. The molecule has 0 aromatic heterocycles. The van der Waals surface area contributed by atoms with Gasteiger partial charge in [0.15, 0.2) is 11.5 Å². The van der Waals surface area contributed by atoms with E-state index in [1.807, 2.05) is 62.4 Å². The Labute approximate surface area is 241 Å². The van der Waals surface area contributed by atoms with Crippen LogP contribution in [0.5, 0.6) is 11.5 Å². The van der Waals surface area contributed by atoms with Gasteiger partial charge >= 0.3 is 0 Å². The first-order valence-corrected chi connectivity index (χ1v) is 13.7. The van der Waals surface area contributed by atoms with Crippen LogP contribution in [-0.2, 0) is 29.0 Å². The molecule has 39 heavy (non-hydrogen) atoms. The lowest BCUT2D eigenvalue weighted by Gasteiger charge is -2.32. The molecule has 0 radical (unpaired) electrons. The van der Waals surface area contributed by atoms with Gasteiger partial charge in [-0.05, 0) is 47.7 Å². The van der Waals surface area contributed by atoms with E-state index in [1.165, 1.54) is 0 Å². The minimum absolute atomic E-state index is 0.107. The van der Waals surface area contributed by atoms with Crippen molar-refractivity contribution in [2.45, 2.75) is 45.7 Å². The van der Waals surface area contributed by atoms with Gasteiger partial charge in [0.2, 0.25) is 11.8 Å². The summed E-state index contributed by atoms with van der Waals surface area (Å²) in [6.07, 6.45) is 0.993. The molecular weight excluding hydrogens is 535 g/mol. The van der Waals surface area contributed by atoms with Crippen molar-refractivity contribution in [1.29, 1.82) is 0 Å². The second-order valence-electron chi connectivity index (χ2n) is 9.76. The standard InChI is InChI=1S/C31H36Cl2N2O4/c1-21(2)19-34-31(37)27(17-22-9-6-5-7-10-22)35(20-24-25(32)11-8-12-26(24)33)30(36)16-14-23-13-15-28(38-3)29(18-23)39-4/h5-13,15,18,21,27H,14,16-17,19-20H2,1-4H3,(H,34,37)/t27-/m0/s1. The molecule has 6 nitrogen and oxygen atoms in total. The molecular formula is C31H36Cl2N2O4. The molecule has 1 atom stereocenters. The summed E-state index contributed by atoms with van der Waals surface area (Å²) in [5.74, 6) is 1.08. The number of amides is 2. The summed E-state index contributed by atoms with van der Waals surface area (Å²) in [6.45, 7) is 4.67. The van der Waals surface area contributed by atoms with Crippen LogP contribution in [0.3, 0.4) is 0 Å². The number of carbonyl (C=O) groups excluding carboxylic acids is 2. The quantitative estimate of drug-likeness (QED) is 0.260. The van der Waals surface area contributed by atoms with Crippen LogP contribution in [0.4, 0.5) is 0 Å². The second-order valence-corrected chi connectivity index (χ2v) is 10.6. The Bertz CT molecular complexity index is 1230. The highest BCUT2D eigenvalue weighted by Crippen LogP contribution is 2.30. The number of aryl methyl sites for hydroxylation is 1. The van der Waals surface area contributed by atoms with Crippen LogP contribution in [-0.4, -0.2) is 43.5 Å². The number of rotatable bonds is 13. The highest BCUT2D eigenvalue weighted by atomic mass is 35.5. The number of hydrogen-bond acceptors (Lipinski definition) is 4. The van der Waals surface area contributed by atoms with Crippen LogP contribution in [0.25, 0.3) is 0 Å². The fourth-order valence-corrected chi connectivity index (χ4v) is 4.78. The van der Waals surface area contributed by atoms with Gasteiger partial charge in [0.1, 0.15) is 6.04 Å². The van der Waals surface area contributed by atoms with Crippen LogP contribution in [0, 0.1) is 5.92 Å². The van der Waals surface area contributed by atoms with Gasteiger partial charge in [-0.25, -0.2) is 0 Å². The Morgan fingerprint density at radius 3 is 2.15 bits per heavy atom. The molecule has 0 heterocycles. The van der Waals surface area contributed by atoms with Crippen molar-refractivity contribution >= 4 is 35.0 Å². The van der Waals surface area contributed by atoms with Crippen molar-refractivity contribution in [1.82, 2.24) is 10.2 Å².